The second-order valence-electron chi connectivity index (χ2n) is 3.48. The van der Waals surface area contributed by atoms with Crippen LogP contribution in [0.3, 0.4) is 0 Å². The van der Waals surface area contributed by atoms with E-state index in [-0.39, 0.29) is 5.75 Å². The van der Waals surface area contributed by atoms with Crippen LogP contribution >= 0.6 is 0 Å². The minimum Gasteiger partial charge on any atom is -0.504 e. The van der Waals surface area contributed by atoms with Crippen LogP contribution in [-0.2, 0) is 6.61 Å². The summed E-state index contributed by atoms with van der Waals surface area (Å²) in [6, 6.07) is 8.76. The fourth-order valence-electron chi connectivity index (χ4n) is 1.41. The first kappa shape index (κ1) is 11.3. The van der Waals surface area contributed by atoms with Crippen LogP contribution in [0.5, 0.6) is 17.2 Å². The molecule has 1 aromatic heterocycles. The first-order valence-electron chi connectivity index (χ1n) is 5.18. The number of aromatic hydroxyl groups is 1. The van der Waals surface area contributed by atoms with Crippen molar-refractivity contribution in [2.75, 3.05) is 7.11 Å². The molecule has 0 atom stereocenters. The minimum absolute atomic E-state index is 0.123. The Balaban J connectivity index is 2.04. The number of aromatic nitrogens is 1. The summed E-state index contributed by atoms with van der Waals surface area (Å²) >= 11 is 0. The molecule has 4 heteroatoms. The molecule has 1 heterocycles. The highest BCUT2D eigenvalue weighted by Crippen LogP contribution is 2.26. The monoisotopic (exact) mass is 231 g/mol. The molecule has 4 nitrogen and oxygen atoms in total. The van der Waals surface area contributed by atoms with Gasteiger partial charge in [-0.15, -0.1) is 0 Å². The summed E-state index contributed by atoms with van der Waals surface area (Å²) < 4.78 is 10.6. The number of hydrogen-bond acceptors (Lipinski definition) is 4. The average Bonchev–Trinajstić information content (AvgIpc) is 2.39. The number of nitrogens with zero attached hydrogens (tertiary/aromatic N) is 1. The number of pyridine rings is 1. The Labute approximate surface area is 99.5 Å². The summed E-state index contributed by atoms with van der Waals surface area (Å²) in [4.78, 5) is 3.96. The van der Waals surface area contributed by atoms with Crippen molar-refractivity contribution in [3.63, 3.8) is 0 Å². The van der Waals surface area contributed by atoms with Gasteiger partial charge in [-0.3, -0.25) is 4.98 Å². The maximum absolute atomic E-state index is 9.44. The quantitative estimate of drug-likeness (QED) is 0.877. The summed E-state index contributed by atoms with van der Waals surface area (Å²) in [5.74, 6) is 1.27. The number of methoxy groups -OCH3 is 1. The molecule has 17 heavy (non-hydrogen) atoms. The molecule has 1 N–H and O–H groups in total. The van der Waals surface area contributed by atoms with Crippen LogP contribution in [-0.4, -0.2) is 17.2 Å². The zero-order chi connectivity index (χ0) is 12.1. The van der Waals surface area contributed by atoms with Crippen LogP contribution in [0.4, 0.5) is 0 Å². The van der Waals surface area contributed by atoms with Gasteiger partial charge in [-0.2, -0.15) is 0 Å². The standard InChI is InChI=1S/C13H13NO3/c1-16-13-7-10(4-5-12(13)15)9-17-11-3-2-6-14-8-11/h2-8,15H,9H2,1H3. The lowest BCUT2D eigenvalue weighted by atomic mass is 10.2. The third-order valence-electron chi connectivity index (χ3n) is 2.28. The van der Waals surface area contributed by atoms with Crippen LogP contribution in [0.25, 0.3) is 0 Å². The maximum Gasteiger partial charge on any atom is 0.160 e. The van der Waals surface area contributed by atoms with E-state index in [1.54, 1.807) is 30.6 Å². The fourth-order valence-corrected chi connectivity index (χ4v) is 1.41. The molecule has 0 saturated heterocycles. The Morgan fingerprint density at radius 3 is 2.88 bits per heavy atom. The summed E-state index contributed by atoms with van der Waals surface area (Å²) in [6.07, 6.45) is 3.34. The van der Waals surface area contributed by atoms with Crippen molar-refractivity contribution in [1.82, 2.24) is 4.98 Å². The number of hydrogen-bond donors (Lipinski definition) is 1. The van der Waals surface area contributed by atoms with E-state index in [0.29, 0.717) is 18.1 Å². The Hall–Kier alpha value is -2.23. The lowest BCUT2D eigenvalue weighted by Crippen LogP contribution is -1.96. The number of rotatable bonds is 4. The van der Waals surface area contributed by atoms with Gasteiger partial charge in [0, 0.05) is 6.20 Å². The molecule has 0 aliphatic rings. The molecule has 0 unspecified atom stereocenters. The van der Waals surface area contributed by atoms with Gasteiger partial charge in [0.15, 0.2) is 11.5 Å². The van der Waals surface area contributed by atoms with Gasteiger partial charge in [0.25, 0.3) is 0 Å². The predicted molar refractivity (Wildman–Crippen MR) is 63.2 cm³/mol. The highest BCUT2D eigenvalue weighted by atomic mass is 16.5. The molecule has 0 spiro atoms. The summed E-state index contributed by atoms with van der Waals surface area (Å²) in [5, 5.41) is 9.44. The average molecular weight is 231 g/mol. The van der Waals surface area contributed by atoms with Gasteiger partial charge in [-0.1, -0.05) is 6.07 Å². The van der Waals surface area contributed by atoms with Gasteiger partial charge in [0.05, 0.1) is 13.3 Å². The van der Waals surface area contributed by atoms with E-state index in [0.717, 1.165) is 5.56 Å². The van der Waals surface area contributed by atoms with Crippen molar-refractivity contribution in [1.29, 1.82) is 0 Å². The first-order valence-corrected chi connectivity index (χ1v) is 5.18. The molecule has 1 aromatic carbocycles. The number of phenols is 1. The topological polar surface area (TPSA) is 51.6 Å². The van der Waals surface area contributed by atoms with E-state index >= 15 is 0 Å². The van der Waals surface area contributed by atoms with E-state index < -0.39 is 0 Å². The zero-order valence-electron chi connectivity index (χ0n) is 9.46. The lowest BCUT2D eigenvalue weighted by molar-refractivity contribution is 0.303. The van der Waals surface area contributed by atoms with Crippen molar-refractivity contribution in [3.8, 4) is 17.2 Å². The molecule has 0 saturated carbocycles. The summed E-state index contributed by atoms with van der Waals surface area (Å²) in [5.41, 5.74) is 0.920. The summed E-state index contributed by atoms with van der Waals surface area (Å²) in [7, 11) is 1.51. The highest BCUT2D eigenvalue weighted by Gasteiger charge is 2.03. The van der Waals surface area contributed by atoms with Crippen molar-refractivity contribution >= 4 is 0 Å². The van der Waals surface area contributed by atoms with Gasteiger partial charge in [0.2, 0.25) is 0 Å². The second kappa shape index (κ2) is 5.21. The van der Waals surface area contributed by atoms with Gasteiger partial charge in [-0.05, 0) is 29.8 Å². The Kier molecular flexibility index (Phi) is 3.45. The normalized spacial score (nSPS) is 9.94. The van der Waals surface area contributed by atoms with Crippen LogP contribution in [0, 0.1) is 0 Å². The third kappa shape index (κ3) is 2.87. The van der Waals surface area contributed by atoms with Crippen molar-refractivity contribution in [3.05, 3.63) is 48.3 Å². The number of ether oxygens (including phenoxy) is 2. The fraction of sp³-hybridized carbons (Fsp3) is 0.154. The molecular formula is C13H13NO3. The largest absolute Gasteiger partial charge is 0.504 e. The minimum atomic E-state index is 0.123. The second-order valence-corrected chi connectivity index (χ2v) is 3.48. The Bertz CT molecular complexity index is 485. The molecule has 0 bridgehead atoms. The molecule has 2 aromatic rings. The predicted octanol–water partition coefficient (Wildman–Crippen LogP) is 2.37. The van der Waals surface area contributed by atoms with Crippen molar-refractivity contribution in [2.24, 2.45) is 0 Å². The summed E-state index contributed by atoms with van der Waals surface area (Å²) in [6.45, 7) is 0.405. The molecule has 0 amide bonds. The number of phenolic OH excluding ortho intramolecular Hbond substituents is 1. The van der Waals surface area contributed by atoms with E-state index in [2.05, 4.69) is 4.98 Å². The van der Waals surface area contributed by atoms with Gasteiger partial charge >= 0.3 is 0 Å². The highest BCUT2D eigenvalue weighted by molar-refractivity contribution is 5.41. The molecule has 88 valence electrons. The van der Waals surface area contributed by atoms with Gasteiger partial charge in [0.1, 0.15) is 12.4 Å². The van der Waals surface area contributed by atoms with Crippen LogP contribution < -0.4 is 9.47 Å². The van der Waals surface area contributed by atoms with E-state index in [1.165, 1.54) is 7.11 Å². The van der Waals surface area contributed by atoms with Gasteiger partial charge in [-0.25, -0.2) is 0 Å². The van der Waals surface area contributed by atoms with E-state index in [4.69, 9.17) is 9.47 Å². The number of benzene rings is 1. The van der Waals surface area contributed by atoms with Crippen molar-refractivity contribution < 1.29 is 14.6 Å². The Morgan fingerprint density at radius 1 is 1.29 bits per heavy atom. The van der Waals surface area contributed by atoms with Crippen LogP contribution in [0.1, 0.15) is 5.56 Å². The third-order valence-corrected chi connectivity index (χ3v) is 2.28. The SMILES string of the molecule is COc1cc(COc2cccnc2)ccc1O. The Morgan fingerprint density at radius 2 is 2.18 bits per heavy atom. The molecular weight excluding hydrogens is 218 g/mol. The van der Waals surface area contributed by atoms with Gasteiger partial charge < -0.3 is 14.6 Å². The van der Waals surface area contributed by atoms with Crippen LogP contribution in [0.2, 0.25) is 0 Å². The first-order chi connectivity index (χ1) is 8.29. The van der Waals surface area contributed by atoms with E-state index in [1.807, 2.05) is 12.1 Å². The lowest BCUT2D eigenvalue weighted by Gasteiger charge is -2.08. The molecule has 0 fully saturated rings. The van der Waals surface area contributed by atoms with E-state index in [9.17, 15) is 5.11 Å². The zero-order valence-corrected chi connectivity index (χ0v) is 9.46. The maximum atomic E-state index is 9.44. The molecule has 0 aliphatic carbocycles. The molecule has 0 aliphatic heterocycles. The molecule has 2 rings (SSSR count). The van der Waals surface area contributed by atoms with Crippen LogP contribution in [0.15, 0.2) is 42.7 Å². The molecule has 0 radical (unpaired) electrons. The smallest absolute Gasteiger partial charge is 0.160 e. The van der Waals surface area contributed by atoms with Crippen molar-refractivity contribution in [2.45, 2.75) is 6.61 Å².